The van der Waals surface area contributed by atoms with Gasteiger partial charge in [0.1, 0.15) is 0 Å². The topological polar surface area (TPSA) is 63.4 Å². The predicted molar refractivity (Wildman–Crippen MR) is 80.8 cm³/mol. The number of nitrogens with zero attached hydrogens (tertiary/aromatic N) is 1. The van der Waals surface area contributed by atoms with Crippen LogP contribution >= 0.6 is 0 Å². The fourth-order valence-electron chi connectivity index (χ4n) is 2.78. The predicted octanol–water partition coefficient (Wildman–Crippen LogP) is 2.26. The molecule has 1 saturated heterocycles. The molecule has 1 unspecified atom stereocenters. The molecular formula is C15H24N2O2S. The summed E-state index contributed by atoms with van der Waals surface area (Å²) in [6.45, 7) is 5.65. The van der Waals surface area contributed by atoms with Gasteiger partial charge in [-0.1, -0.05) is 19.1 Å². The summed E-state index contributed by atoms with van der Waals surface area (Å²) in [7, 11) is -3.39. The molecule has 1 fully saturated rings. The van der Waals surface area contributed by atoms with E-state index >= 15 is 0 Å². The van der Waals surface area contributed by atoms with Crippen molar-refractivity contribution in [1.29, 1.82) is 0 Å². The first-order chi connectivity index (χ1) is 9.46. The second-order valence-electron chi connectivity index (χ2n) is 5.68. The standard InChI is InChI=1S/C15H24N2O2S/c1-12-5-4-9-17(10-8-12)20(18,19)15-7-3-6-14(11-16)13(15)2/h3,6-7,12H,4-5,8-11,16H2,1-2H3. The van der Waals surface area contributed by atoms with Gasteiger partial charge in [0.15, 0.2) is 0 Å². The van der Waals surface area contributed by atoms with E-state index in [9.17, 15) is 8.42 Å². The summed E-state index contributed by atoms with van der Waals surface area (Å²) >= 11 is 0. The molecule has 2 rings (SSSR count). The van der Waals surface area contributed by atoms with Crippen molar-refractivity contribution >= 4 is 10.0 Å². The van der Waals surface area contributed by atoms with Crippen LogP contribution in [-0.2, 0) is 16.6 Å². The highest BCUT2D eigenvalue weighted by atomic mass is 32.2. The lowest BCUT2D eigenvalue weighted by Gasteiger charge is -2.22. The summed E-state index contributed by atoms with van der Waals surface area (Å²) in [5, 5.41) is 0. The van der Waals surface area contributed by atoms with Crippen LogP contribution in [0.15, 0.2) is 23.1 Å². The van der Waals surface area contributed by atoms with Crippen LogP contribution in [0.25, 0.3) is 0 Å². The van der Waals surface area contributed by atoms with E-state index < -0.39 is 10.0 Å². The van der Waals surface area contributed by atoms with Gasteiger partial charge in [-0.15, -0.1) is 0 Å². The Hall–Kier alpha value is -0.910. The number of nitrogens with two attached hydrogens (primary N) is 1. The Balaban J connectivity index is 2.35. The van der Waals surface area contributed by atoms with Crippen LogP contribution in [0.2, 0.25) is 0 Å². The molecule has 5 heteroatoms. The molecule has 20 heavy (non-hydrogen) atoms. The van der Waals surface area contributed by atoms with Crippen molar-refractivity contribution in [2.24, 2.45) is 11.7 Å². The average molecular weight is 296 g/mol. The summed E-state index contributed by atoms with van der Waals surface area (Å²) in [6.07, 6.45) is 2.98. The van der Waals surface area contributed by atoms with Gasteiger partial charge >= 0.3 is 0 Å². The number of sulfonamides is 1. The molecule has 0 saturated carbocycles. The summed E-state index contributed by atoms with van der Waals surface area (Å²) in [5.41, 5.74) is 7.36. The van der Waals surface area contributed by atoms with Crippen molar-refractivity contribution in [3.8, 4) is 0 Å². The molecule has 0 bridgehead atoms. The van der Waals surface area contributed by atoms with Gasteiger partial charge in [-0.05, 0) is 49.3 Å². The van der Waals surface area contributed by atoms with Crippen LogP contribution in [0.3, 0.4) is 0 Å². The zero-order chi connectivity index (χ0) is 14.8. The Morgan fingerprint density at radius 1 is 1.30 bits per heavy atom. The Morgan fingerprint density at radius 3 is 2.75 bits per heavy atom. The van der Waals surface area contributed by atoms with Gasteiger partial charge in [0, 0.05) is 19.6 Å². The van der Waals surface area contributed by atoms with Gasteiger partial charge in [0.05, 0.1) is 4.90 Å². The first-order valence-electron chi connectivity index (χ1n) is 7.25. The molecule has 2 N–H and O–H groups in total. The Bertz CT molecular complexity index is 569. The van der Waals surface area contributed by atoms with Gasteiger partial charge < -0.3 is 5.73 Å². The Labute approximate surface area is 122 Å². The van der Waals surface area contributed by atoms with Gasteiger partial charge in [-0.2, -0.15) is 4.31 Å². The molecule has 0 spiro atoms. The maximum Gasteiger partial charge on any atom is 0.243 e. The van der Waals surface area contributed by atoms with Crippen LogP contribution in [0.1, 0.15) is 37.3 Å². The lowest BCUT2D eigenvalue weighted by Crippen LogP contribution is -2.32. The minimum atomic E-state index is -3.39. The van der Waals surface area contributed by atoms with E-state index in [-0.39, 0.29) is 0 Å². The largest absolute Gasteiger partial charge is 0.326 e. The molecule has 1 atom stereocenters. The molecule has 4 nitrogen and oxygen atoms in total. The highest BCUT2D eigenvalue weighted by Gasteiger charge is 2.28. The smallest absolute Gasteiger partial charge is 0.243 e. The highest BCUT2D eigenvalue weighted by Crippen LogP contribution is 2.26. The lowest BCUT2D eigenvalue weighted by molar-refractivity contribution is 0.416. The van der Waals surface area contributed by atoms with E-state index in [0.717, 1.165) is 30.4 Å². The quantitative estimate of drug-likeness (QED) is 0.930. The maximum atomic E-state index is 12.8. The summed E-state index contributed by atoms with van der Waals surface area (Å²) in [5.74, 6) is 0.603. The zero-order valence-corrected chi connectivity index (χ0v) is 13.1. The molecule has 1 aromatic carbocycles. The van der Waals surface area contributed by atoms with Gasteiger partial charge in [-0.25, -0.2) is 8.42 Å². The van der Waals surface area contributed by atoms with E-state index in [4.69, 9.17) is 5.73 Å². The van der Waals surface area contributed by atoms with Crippen molar-refractivity contribution in [3.63, 3.8) is 0 Å². The molecule has 0 aromatic heterocycles. The molecule has 0 amide bonds. The van der Waals surface area contributed by atoms with E-state index in [1.54, 1.807) is 16.4 Å². The van der Waals surface area contributed by atoms with Crippen molar-refractivity contribution in [2.45, 2.75) is 44.6 Å². The SMILES string of the molecule is Cc1c(CN)cccc1S(=O)(=O)N1CCCC(C)CC1. The molecule has 0 radical (unpaired) electrons. The second kappa shape index (κ2) is 6.24. The number of rotatable bonds is 3. The van der Waals surface area contributed by atoms with Crippen LogP contribution < -0.4 is 5.73 Å². The van der Waals surface area contributed by atoms with Gasteiger partial charge in [0.2, 0.25) is 10.0 Å². The lowest BCUT2D eigenvalue weighted by atomic mass is 10.0. The third kappa shape index (κ3) is 3.05. The molecule has 112 valence electrons. The monoisotopic (exact) mass is 296 g/mol. The minimum Gasteiger partial charge on any atom is -0.326 e. The van der Waals surface area contributed by atoms with E-state index in [1.807, 2.05) is 13.0 Å². The zero-order valence-electron chi connectivity index (χ0n) is 12.3. The molecule has 1 aliphatic rings. The van der Waals surface area contributed by atoms with Crippen molar-refractivity contribution in [2.75, 3.05) is 13.1 Å². The maximum absolute atomic E-state index is 12.8. The fourth-order valence-corrected chi connectivity index (χ4v) is 4.54. The van der Waals surface area contributed by atoms with Crippen LogP contribution in [0.4, 0.5) is 0 Å². The third-order valence-electron chi connectivity index (χ3n) is 4.21. The molecule has 1 aliphatic heterocycles. The molecule has 1 heterocycles. The van der Waals surface area contributed by atoms with Crippen molar-refractivity contribution < 1.29 is 8.42 Å². The van der Waals surface area contributed by atoms with Crippen LogP contribution in [-0.4, -0.2) is 25.8 Å². The average Bonchev–Trinajstić information content (AvgIpc) is 2.64. The number of hydrogen-bond acceptors (Lipinski definition) is 3. The Kier molecular flexibility index (Phi) is 4.83. The van der Waals surface area contributed by atoms with Crippen LogP contribution in [0, 0.1) is 12.8 Å². The highest BCUT2D eigenvalue weighted by molar-refractivity contribution is 7.89. The third-order valence-corrected chi connectivity index (χ3v) is 6.25. The summed E-state index contributed by atoms with van der Waals surface area (Å²) < 4.78 is 27.3. The van der Waals surface area contributed by atoms with E-state index in [0.29, 0.717) is 30.4 Å². The minimum absolute atomic E-state index is 0.367. The molecular weight excluding hydrogens is 272 g/mol. The van der Waals surface area contributed by atoms with Crippen molar-refractivity contribution in [1.82, 2.24) is 4.31 Å². The first-order valence-corrected chi connectivity index (χ1v) is 8.69. The molecule has 0 aliphatic carbocycles. The second-order valence-corrected chi connectivity index (χ2v) is 7.59. The fraction of sp³-hybridized carbons (Fsp3) is 0.600. The number of benzene rings is 1. The van der Waals surface area contributed by atoms with Crippen LogP contribution in [0.5, 0.6) is 0 Å². The summed E-state index contributed by atoms with van der Waals surface area (Å²) in [4.78, 5) is 0.412. The Morgan fingerprint density at radius 2 is 2.05 bits per heavy atom. The summed E-state index contributed by atoms with van der Waals surface area (Å²) in [6, 6.07) is 5.36. The molecule has 1 aromatic rings. The van der Waals surface area contributed by atoms with Gasteiger partial charge in [0.25, 0.3) is 0 Å². The van der Waals surface area contributed by atoms with E-state index in [2.05, 4.69) is 6.92 Å². The number of hydrogen-bond donors (Lipinski definition) is 1. The first kappa shape index (κ1) is 15.5. The van der Waals surface area contributed by atoms with Gasteiger partial charge in [-0.3, -0.25) is 0 Å². The van der Waals surface area contributed by atoms with Crippen molar-refractivity contribution in [3.05, 3.63) is 29.3 Å². The van der Waals surface area contributed by atoms with E-state index in [1.165, 1.54) is 0 Å². The normalized spacial score (nSPS) is 21.6.